The van der Waals surface area contributed by atoms with Gasteiger partial charge in [0.15, 0.2) is 0 Å². The zero-order valence-corrected chi connectivity index (χ0v) is 13.8. The summed E-state index contributed by atoms with van der Waals surface area (Å²) in [6.07, 6.45) is -2.51. The predicted octanol–water partition coefficient (Wildman–Crippen LogP) is 4.19. The molecule has 1 heterocycles. The van der Waals surface area contributed by atoms with Gasteiger partial charge < -0.3 is 10.2 Å². The second kappa shape index (κ2) is 7.19. The molecule has 0 spiro atoms. The third-order valence-electron chi connectivity index (χ3n) is 4.24. The van der Waals surface area contributed by atoms with E-state index in [0.717, 1.165) is 38.1 Å². The number of nitrogens with zero attached hydrogens (tertiary/aromatic N) is 1. The Hall–Kier alpha value is -2.83. The second-order valence-electron chi connectivity index (χ2n) is 6.11. The van der Waals surface area contributed by atoms with Gasteiger partial charge in [-0.05, 0) is 55.3 Å². The first-order valence-corrected chi connectivity index (χ1v) is 8.22. The molecule has 3 rings (SSSR count). The number of amides is 2. The molecule has 0 saturated carbocycles. The standard InChI is InChI=1S/C19H17F3N2O2/c20-19(21,22)15-5-3-4-14(12-15)17(25)23-16-8-6-13(7-9-16)18(26)24-10-1-2-11-24/h3-9,12H,1-2,10-11H2,(H,23,25). The Kier molecular flexibility index (Phi) is 4.97. The van der Waals surface area contributed by atoms with Crippen molar-refractivity contribution in [1.82, 2.24) is 4.90 Å². The van der Waals surface area contributed by atoms with Gasteiger partial charge in [-0.3, -0.25) is 9.59 Å². The van der Waals surface area contributed by atoms with Crippen LogP contribution in [0.1, 0.15) is 39.1 Å². The molecule has 0 aliphatic carbocycles. The van der Waals surface area contributed by atoms with Gasteiger partial charge in [0.1, 0.15) is 0 Å². The molecule has 1 N–H and O–H groups in total. The molecule has 4 nitrogen and oxygen atoms in total. The SMILES string of the molecule is O=C(Nc1ccc(C(=O)N2CCCC2)cc1)c1cccc(C(F)(F)F)c1. The molecule has 0 aromatic heterocycles. The van der Waals surface area contributed by atoms with Crippen LogP contribution in [0.3, 0.4) is 0 Å². The van der Waals surface area contributed by atoms with E-state index in [9.17, 15) is 22.8 Å². The maximum Gasteiger partial charge on any atom is 0.416 e. The van der Waals surface area contributed by atoms with E-state index in [1.54, 1.807) is 29.2 Å². The molecule has 1 aliphatic rings. The Morgan fingerprint density at radius 3 is 2.19 bits per heavy atom. The van der Waals surface area contributed by atoms with E-state index in [-0.39, 0.29) is 11.5 Å². The molecular formula is C19H17F3N2O2. The highest BCUT2D eigenvalue weighted by molar-refractivity contribution is 6.04. The monoisotopic (exact) mass is 362 g/mol. The van der Waals surface area contributed by atoms with Crippen molar-refractivity contribution in [2.45, 2.75) is 19.0 Å². The van der Waals surface area contributed by atoms with Crippen LogP contribution in [0.5, 0.6) is 0 Å². The molecule has 1 saturated heterocycles. The normalized spacial score (nSPS) is 14.3. The molecule has 0 bridgehead atoms. The number of nitrogens with one attached hydrogen (secondary N) is 1. The van der Waals surface area contributed by atoms with Crippen LogP contribution < -0.4 is 5.32 Å². The van der Waals surface area contributed by atoms with E-state index in [1.807, 2.05) is 0 Å². The van der Waals surface area contributed by atoms with E-state index in [1.165, 1.54) is 12.1 Å². The lowest BCUT2D eigenvalue weighted by Crippen LogP contribution is -2.27. The quantitative estimate of drug-likeness (QED) is 0.890. The lowest BCUT2D eigenvalue weighted by atomic mass is 10.1. The maximum atomic E-state index is 12.7. The molecule has 0 unspecified atom stereocenters. The van der Waals surface area contributed by atoms with Gasteiger partial charge in [-0.2, -0.15) is 13.2 Å². The Balaban J connectivity index is 1.69. The summed E-state index contributed by atoms with van der Waals surface area (Å²) >= 11 is 0. The van der Waals surface area contributed by atoms with Crippen molar-refractivity contribution >= 4 is 17.5 Å². The number of hydrogen-bond donors (Lipinski definition) is 1. The van der Waals surface area contributed by atoms with E-state index in [0.29, 0.717) is 11.3 Å². The van der Waals surface area contributed by atoms with Gasteiger partial charge in [0.05, 0.1) is 5.56 Å². The highest BCUT2D eigenvalue weighted by atomic mass is 19.4. The fourth-order valence-corrected chi connectivity index (χ4v) is 2.84. The van der Waals surface area contributed by atoms with Crippen LogP contribution >= 0.6 is 0 Å². The molecule has 2 aromatic carbocycles. The van der Waals surface area contributed by atoms with Gasteiger partial charge in [0.2, 0.25) is 0 Å². The molecule has 7 heteroatoms. The van der Waals surface area contributed by atoms with Crippen molar-refractivity contribution in [3.8, 4) is 0 Å². The number of carbonyl (C=O) groups excluding carboxylic acids is 2. The van der Waals surface area contributed by atoms with Gasteiger partial charge in [-0.25, -0.2) is 0 Å². The van der Waals surface area contributed by atoms with Crippen LogP contribution in [0, 0.1) is 0 Å². The smallest absolute Gasteiger partial charge is 0.339 e. The summed E-state index contributed by atoms with van der Waals surface area (Å²) in [5, 5.41) is 2.54. The molecule has 136 valence electrons. The van der Waals surface area contributed by atoms with Crippen LogP contribution in [0.25, 0.3) is 0 Å². The third-order valence-corrected chi connectivity index (χ3v) is 4.24. The van der Waals surface area contributed by atoms with Crippen molar-refractivity contribution in [2.24, 2.45) is 0 Å². The minimum absolute atomic E-state index is 0.0572. The number of carbonyl (C=O) groups is 2. The molecule has 2 aromatic rings. The summed E-state index contributed by atoms with van der Waals surface area (Å²) < 4.78 is 38.2. The minimum Gasteiger partial charge on any atom is -0.339 e. The van der Waals surface area contributed by atoms with E-state index in [4.69, 9.17) is 0 Å². The largest absolute Gasteiger partial charge is 0.416 e. The number of halogens is 3. The number of alkyl halides is 3. The highest BCUT2D eigenvalue weighted by Crippen LogP contribution is 2.29. The molecule has 26 heavy (non-hydrogen) atoms. The van der Waals surface area contributed by atoms with Crippen molar-refractivity contribution in [1.29, 1.82) is 0 Å². The molecule has 0 atom stereocenters. The average Bonchev–Trinajstić information content (AvgIpc) is 3.16. The Morgan fingerprint density at radius 2 is 1.58 bits per heavy atom. The lowest BCUT2D eigenvalue weighted by molar-refractivity contribution is -0.137. The molecule has 2 amide bonds. The van der Waals surface area contributed by atoms with E-state index < -0.39 is 17.6 Å². The predicted molar refractivity (Wildman–Crippen MR) is 91.0 cm³/mol. The summed E-state index contributed by atoms with van der Waals surface area (Å²) in [5.74, 6) is -0.701. The van der Waals surface area contributed by atoms with E-state index in [2.05, 4.69) is 5.32 Å². The topological polar surface area (TPSA) is 49.4 Å². The molecular weight excluding hydrogens is 345 g/mol. The van der Waals surface area contributed by atoms with E-state index >= 15 is 0 Å². The summed E-state index contributed by atoms with van der Waals surface area (Å²) in [6.45, 7) is 1.49. The molecule has 1 fully saturated rings. The van der Waals surface area contributed by atoms with Crippen LogP contribution in [0.4, 0.5) is 18.9 Å². The van der Waals surface area contributed by atoms with Crippen molar-refractivity contribution in [3.05, 3.63) is 65.2 Å². The zero-order valence-electron chi connectivity index (χ0n) is 13.8. The first kappa shape index (κ1) is 18.0. The minimum atomic E-state index is -4.51. The van der Waals surface area contributed by atoms with Crippen molar-refractivity contribution < 1.29 is 22.8 Å². The maximum absolute atomic E-state index is 12.7. The molecule has 1 aliphatic heterocycles. The Bertz CT molecular complexity index is 810. The summed E-state index contributed by atoms with van der Waals surface area (Å²) in [5.41, 5.74) is -0.0388. The van der Waals surface area contributed by atoms with Gasteiger partial charge in [-0.1, -0.05) is 6.07 Å². The van der Waals surface area contributed by atoms with Crippen molar-refractivity contribution in [2.75, 3.05) is 18.4 Å². The Morgan fingerprint density at radius 1 is 0.923 bits per heavy atom. The number of likely N-dealkylation sites (tertiary alicyclic amines) is 1. The number of hydrogen-bond acceptors (Lipinski definition) is 2. The third kappa shape index (κ3) is 4.04. The average molecular weight is 362 g/mol. The summed E-state index contributed by atoms with van der Waals surface area (Å²) in [7, 11) is 0. The van der Waals surface area contributed by atoms with Gasteiger partial charge in [0.25, 0.3) is 11.8 Å². The molecule has 0 radical (unpaired) electrons. The lowest BCUT2D eigenvalue weighted by Gasteiger charge is -2.15. The number of benzene rings is 2. The van der Waals surface area contributed by atoms with Crippen LogP contribution in [-0.4, -0.2) is 29.8 Å². The zero-order chi connectivity index (χ0) is 18.7. The fourth-order valence-electron chi connectivity index (χ4n) is 2.84. The van der Waals surface area contributed by atoms with Crippen LogP contribution in [0.15, 0.2) is 48.5 Å². The first-order valence-electron chi connectivity index (χ1n) is 8.22. The van der Waals surface area contributed by atoms with Crippen LogP contribution in [0.2, 0.25) is 0 Å². The Labute approximate surface area is 148 Å². The van der Waals surface area contributed by atoms with Crippen LogP contribution in [-0.2, 0) is 6.18 Å². The van der Waals surface area contributed by atoms with Gasteiger partial charge in [-0.15, -0.1) is 0 Å². The van der Waals surface area contributed by atoms with Gasteiger partial charge in [0, 0.05) is 29.9 Å². The van der Waals surface area contributed by atoms with Crippen molar-refractivity contribution in [3.63, 3.8) is 0 Å². The summed E-state index contributed by atoms with van der Waals surface area (Å²) in [4.78, 5) is 26.2. The fraction of sp³-hybridized carbons (Fsp3) is 0.263. The highest BCUT2D eigenvalue weighted by Gasteiger charge is 2.30. The summed E-state index contributed by atoms with van der Waals surface area (Å²) in [6, 6.07) is 10.6. The number of anilines is 1. The number of rotatable bonds is 3. The van der Waals surface area contributed by atoms with Gasteiger partial charge >= 0.3 is 6.18 Å². The first-order chi connectivity index (χ1) is 12.3. The second-order valence-corrected chi connectivity index (χ2v) is 6.11.